The Morgan fingerprint density at radius 3 is 2.57 bits per heavy atom. The van der Waals surface area contributed by atoms with Crippen molar-refractivity contribution in [2.75, 3.05) is 13.7 Å². The molecule has 0 aliphatic carbocycles. The summed E-state index contributed by atoms with van der Waals surface area (Å²) in [6.45, 7) is 2.08. The first-order chi connectivity index (χ1) is 13.3. The van der Waals surface area contributed by atoms with E-state index in [0.717, 1.165) is 5.56 Å². The Hall–Kier alpha value is -1.80. The second kappa shape index (κ2) is 8.29. The van der Waals surface area contributed by atoms with Crippen molar-refractivity contribution in [1.82, 2.24) is 4.31 Å². The largest absolute Gasteiger partial charge is 0.476 e. The average Bonchev–Trinajstić information content (AvgIpc) is 3.10. The van der Waals surface area contributed by atoms with Crippen LogP contribution in [0.1, 0.15) is 18.1 Å². The standard InChI is InChI=1S/C19H19Cl2NO5S/c1-3-26-19(23)14-9-13-10-15(16(20)17(21)18(13)27-14)28(24,25)22(2)11-12-7-5-4-6-8-12/h4-8,10,14H,3,9,11H2,1-2H3. The van der Waals surface area contributed by atoms with Gasteiger partial charge < -0.3 is 9.47 Å². The third-order valence-electron chi connectivity index (χ3n) is 4.36. The number of ether oxygens (including phenoxy) is 2. The van der Waals surface area contributed by atoms with E-state index in [1.807, 2.05) is 30.3 Å². The molecule has 1 heterocycles. The van der Waals surface area contributed by atoms with E-state index in [0.29, 0.717) is 5.56 Å². The van der Waals surface area contributed by atoms with Gasteiger partial charge in [-0.2, -0.15) is 4.31 Å². The molecule has 0 amide bonds. The normalized spacial score (nSPS) is 16.0. The van der Waals surface area contributed by atoms with Crippen LogP contribution in [0.2, 0.25) is 10.0 Å². The molecule has 1 aliphatic heterocycles. The van der Waals surface area contributed by atoms with Crippen molar-refractivity contribution >= 4 is 39.2 Å². The first kappa shape index (κ1) is 20.9. The van der Waals surface area contributed by atoms with Gasteiger partial charge in [-0.05, 0) is 18.6 Å². The fraction of sp³-hybridized carbons (Fsp3) is 0.316. The summed E-state index contributed by atoms with van der Waals surface area (Å²) in [5.41, 5.74) is 1.34. The molecule has 9 heteroatoms. The van der Waals surface area contributed by atoms with Gasteiger partial charge in [0, 0.05) is 25.6 Å². The number of halogens is 2. The number of carbonyl (C=O) groups excluding carboxylic acids is 1. The molecule has 0 fully saturated rings. The Kier molecular flexibility index (Phi) is 6.19. The van der Waals surface area contributed by atoms with Gasteiger partial charge in [-0.1, -0.05) is 53.5 Å². The molecular formula is C19H19Cl2NO5S. The van der Waals surface area contributed by atoms with Gasteiger partial charge in [0.15, 0.2) is 6.10 Å². The van der Waals surface area contributed by atoms with E-state index in [1.54, 1.807) is 6.92 Å². The summed E-state index contributed by atoms with van der Waals surface area (Å²) < 4.78 is 37.9. The fourth-order valence-corrected chi connectivity index (χ4v) is 4.98. The molecule has 1 unspecified atom stereocenters. The molecule has 6 nitrogen and oxygen atoms in total. The lowest BCUT2D eigenvalue weighted by Gasteiger charge is -2.19. The first-order valence-electron chi connectivity index (χ1n) is 8.60. The first-order valence-corrected chi connectivity index (χ1v) is 10.8. The lowest BCUT2D eigenvalue weighted by atomic mass is 10.1. The topological polar surface area (TPSA) is 72.9 Å². The number of nitrogens with zero attached hydrogens (tertiary/aromatic N) is 1. The van der Waals surface area contributed by atoms with E-state index in [-0.39, 0.29) is 40.3 Å². The highest BCUT2D eigenvalue weighted by atomic mass is 35.5. The molecular weight excluding hydrogens is 425 g/mol. The van der Waals surface area contributed by atoms with Crippen molar-refractivity contribution in [2.24, 2.45) is 0 Å². The number of fused-ring (bicyclic) bond motifs is 1. The van der Waals surface area contributed by atoms with E-state index in [4.69, 9.17) is 32.7 Å². The number of esters is 1. The highest BCUT2D eigenvalue weighted by Gasteiger charge is 2.36. The van der Waals surface area contributed by atoms with E-state index in [1.165, 1.54) is 17.4 Å². The van der Waals surface area contributed by atoms with Gasteiger partial charge in [-0.3, -0.25) is 0 Å². The number of benzene rings is 2. The summed E-state index contributed by atoms with van der Waals surface area (Å²) in [5.74, 6) is -0.314. The molecule has 0 saturated heterocycles. The molecule has 0 bridgehead atoms. The summed E-state index contributed by atoms with van der Waals surface area (Å²) in [6, 6.07) is 10.6. The second-order valence-electron chi connectivity index (χ2n) is 6.30. The SMILES string of the molecule is CCOC(=O)C1Cc2cc(S(=O)(=O)N(C)Cc3ccccc3)c(Cl)c(Cl)c2O1. The number of sulfonamides is 1. The van der Waals surface area contributed by atoms with Crippen LogP contribution in [0.4, 0.5) is 0 Å². The summed E-state index contributed by atoms with van der Waals surface area (Å²) >= 11 is 12.5. The Labute approximate surface area is 174 Å². The van der Waals surface area contributed by atoms with Crippen LogP contribution in [0.15, 0.2) is 41.3 Å². The van der Waals surface area contributed by atoms with Crippen LogP contribution in [0.25, 0.3) is 0 Å². The van der Waals surface area contributed by atoms with Crippen molar-refractivity contribution in [3.05, 3.63) is 57.6 Å². The van der Waals surface area contributed by atoms with Gasteiger partial charge in [0.05, 0.1) is 11.6 Å². The molecule has 0 radical (unpaired) electrons. The number of rotatable bonds is 6. The van der Waals surface area contributed by atoms with E-state index < -0.39 is 22.1 Å². The zero-order valence-corrected chi connectivity index (χ0v) is 17.6. The zero-order chi connectivity index (χ0) is 20.5. The molecule has 0 N–H and O–H groups in total. The van der Waals surface area contributed by atoms with Crippen LogP contribution in [0, 0.1) is 0 Å². The Morgan fingerprint density at radius 2 is 1.93 bits per heavy atom. The number of hydrogen-bond acceptors (Lipinski definition) is 5. The van der Waals surface area contributed by atoms with Crippen molar-refractivity contribution in [3.8, 4) is 5.75 Å². The van der Waals surface area contributed by atoms with Crippen LogP contribution in [-0.4, -0.2) is 38.5 Å². The van der Waals surface area contributed by atoms with Crippen LogP contribution in [0.3, 0.4) is 0 Å². The Morgan fingerprint density at radius 1 is 1.25 bits per heavy atom. The van der Waals surface area contributed by atoms with Crippen molar-refractivity contribution in [2.45, 2.75) is 30.9 Å². The Balaban J connectivity index is 1.92. The molecule has 2 aromatic rings. The van der Waals surface area contributed by atoms with Gasteiger partial charge in [0.25, 0.3) is 0 Å². The van der Waals surface area contributed by atoms with Gasteiger partial charge in [0.1, 0.15) is 15.7 Å². The van der Waals surface area contributed by atoms with Crippen molar-refractivity contribution in [1.29, 1.82) is 0 Å². The number of hydrogen-bond donors (Lipinski definition) is 0. The molecule has 2 aromatic carbocycles. The zero-order valence-electron chi connectivity index (χ0n) is 15.3. The number of carbonyl (C=O) groups is 1. The minimum atomic E-state index is -3.91. The monoisotopic (exact) mass is 443 g/mol. The molecule has 1 atom stereocenters. The van der Waals surface area contributed by atoms with Gasteiger partial charge in [-0.15, -0.1) is 0 Å². The van der Waals surface area contributed by atoms with Crippen LogP contribution in [-0.2, 0) is 32.5 Å². The second-order valence-corrected chi connectivity index (χ2v) is 9.07. The minimum Gasteiger partial charge on any atom is -0.476 e. The fourth-order valence-electron chi connectivity index (χ4n) is 2.95. The summed E-state index contributed by atoms with van der Waals surface area (Å²) in [4.78, 5) is 11.8. The Bertz CT molecular complexity index is 995. The van der Waals surface area contributed by atoms with Crippen LogP contribution < -0.4 is 4.74 Å². The van der Waals surface area contributed by atoms with Crippen LogP contribution in [0.5, 0.6) is 5.75 Å². The lowest BCUT2D eigenvalue weighted by molar-refractivity contribution is -0.150. The smallest absolute Gasteiger partial charge is 0.347 e. The highest BCUT2D eigenvalue weighted by Crippen LogP contribution is 2.44. The highest BCUT2D eigenvalue weighted by molar-refractivity contribution is 7.89. The quantitative estimate of drug-likeness (QED) is 0.636. The summed E-state index contributed by atoms with van der Waals surface area (Å²) in [5, 5.41) is -0.164. The average molecular weight is 444 g/mol. The molecule has 0 saturated carbocycles. The van der Waals surface area contributed by atoms with Crippen LogP contribution >= 0.6 is 23.2 Å². The van der Waals surface area contributed by atoms with E-state index in [9.17, 15) is 13.2 Å². The van der Waals surface area contributed by atoms with Crippen molar-refractivity contribution in [3.63, 3.8) is 0 Å². The molecule has 3 rings (SSSR count). The molecule has 0 spiro atoms. The van der Waals surface area contributed by atoms with Gasteiger partial charge >= 0.3 is 5.97 Å². The molecule has 150 valence electrons. The minimum absolute atomic E-state index is 0.0300. The summed E-state index contributed by atoms with van der Waals surface area (Å²) in [6.07, 6.45) is -0.709. The molecule has 1 aliphatic rings. The maximum absolute atomic E-state index is 13.1. The summed E-state index contributed by atoms with van der Waals surface area (Å²) in [7, 11) is -2.44. The third-order valence-corrected chi connectivity index (χ3v) is 7.15. The molecule has 0 aromatic heterocycles. The maximum Gasteiger partial charge on any atom is 0.347 e. The predicted octanol–water partition coefficient (Wildman–Crippen LogP) is 3.68. The third kappa shape index (κ3) is 3.98. The molecule has 28 heavy (non-hydrogen) atoms. The maximum atomic E-state index is 13.1. The predicted molar refractivity (Wildman–Crippen MR) is 106 cm³/mol. The van der Waals surface area contributed by atoms with E-state index >= 15 is 0 Å². The van der Waals surface area contributed by atoms with Gasteiger partial charge in [-0.25, -0.2) is 13.2 Å². The lowest BCUT2D eigenvalue weighted by Crippen LogP contribution is -2.27. The van der Waals surface area contributed by atoms with Gasteiger partial charge in [0.2, 0.25) is 10.0 Å². The van der Waals surface area contributed by atoms with E-state index in [2.05, 4.69) is 0 Å². The van der Waals surface area contributed by atoms with Crippen molar-refractivity contribution < 1.29 is 22.7 Å².